The highest BCUT2D eigenvalue weighted by Crippen LogP contribution is 2.25. The van der Waals surface area contributed by atoms with Crippen LogP contribution in [0.15, 0.2) is 18.2 Å². The lowest BCUT2D eigenvalue weighted by Crippen LogP contribution is -2.45. The van der Waals surface area contributed by atoms with E-state index in [1.165, 1.54) is 18.5 Å². The van der Waals surface area contributed by atoms with Gasteiger partial charge in [-0.15, -0.1) is 0 Å². The standard InChI is InChI=1S/C14H23N3/c1-11-6-7-12(9-14(11)15)17-8-4-5-13(10-17)16(2)3/h6-7,9,13H,4-5,8,10,15H2,1-3H3. The number of likely N-dealkylation sites (N-methyl/N-ethyl adjacent to an activating group) is 1. The molecule has 1 fully saturated rings. The molecule has 17 heavy (non-hydrogen) atoms. The lowest BCUT2D eigenvalue weighted by Gasteiger charge is -2.37. The highest BCUT2D eigenvalue weighted by Gasteiger charge is 2.21. The molecule has 0 aliphatic carbocycles. The molecule has 1 aromatic carbocycles. The first-order valence-electron chi connectivity index (χ1n) is 6.35. The van der Waals surface area contributed by atoms with E-state index in [1.54, 1.807) is 0 Å². The van der Waals surface area contributed by atoms with Gasteiger partial charge in [0.2, 0.25) is 0 Å². The molecule has 1 aromatic rings. The van der Waals surface area contributed by atoms with Crippen molar-refractivity contribution in [2.45, 2.75) is 25.8 Å². The number of aryl methyl sites for hydroxylation is 1. The normalized spacial score (nSPS) is 20.9. The summed E-state index contributed by atoms with van der Waals surface area (Å²) in [6.45, 7) is 4.31. The zero-order valence-electron chi connectivity index (χ0n) is 11.1. The van der Waals surface area contributed by atoms with Crippen molar-refractivity contribution in [3.63, 3.8) is 0 Å². The zero-order valence-corrected chi connectivity index (χ0v) is 11.1. The fourth-order valence-corrected chi connectivity index (χ4v) is 2.44. The predicted octanol–water partition coefficient (Wildman–Crippen LogP) is 2.11. The van der Waals surface area contributed by atoms with Gasteiger partial charge < -0.3 is 15.5 Å². The number of rotatable bonds is 2. The smallest absolute Gasteiger partial charge is 0.0387 e. The summed E-state index contributed by atoms with van der Waals surface area (Å²) in [6.07, 6.45) is 2.56. The van der Waals surface area contributed by atoms with Crippen LogP contribution in [0.2, 0.25) is 0 Å². The lowest BCUT2D eigenvalue weighted by molar-refractivity contribution is 0.258. The van der Waals surface area contributed by atoms with Crippen molar-refractivity contribution in [3.8, 4) is 0 Å². The number of hydrogen-bond acceptors (Lipinski definition) is 3. The Hall–Kier alpha value is -1.22. The van der Waals surface area contributed by atoms with Crippen molar-refractivity contribution in [2.24, 2.45) is 0 Å². The van der Waals surface area contributed by atoms with E-state index in [0.717, 1.165) is 24.3 Å². The lowest BCUT2D eigenvalue weighted by atomic mass is 10.0. The minimum atomic E-state index is 0.659. The van der Waals surface area contributed by atoms with Gasteiger partial charge in [0.25, 0.3) is 0 Å². The van der Waals surface area contributed by atoms with Gasteiger partial charge in [-0.3, -0.25) is 0 Å². The number of anilines is 2. The Balaban J connectivity index is 2.13. The minimum Gasteiger partial charge on any atom is -0.398 e. The maximum Gasteiger partial charge on any atom is 0.0387 e. The molecule has 3 nitrogen and oxygen atoms in total. The summed E-state index contributed by atoms with van der Waals surface area (Å²) in [5, 5.41) is 0. The molecule has 1 aliphatic rings. The first-order chi connectivity index (χ1) is 8.08. The van der Waals surface area contributed by atoms with Crippen LogP contribution >= 0.6 is 0 Å². The van der Waals surface area contributed by atoms with Gasteiger partial charge >= 0.3 is 0 Å². The molecule has 1 heterocycles. The van der Waals surface area contributed by atoms with Crippen LogP contribution in [0.3, 0.4) is 0 Å². The number of nitrogen functional groups attached to an aromatic ring is 1. The van der Waals surface area contributed by atoms with E-state index >= 15 is 0 Å². The average Bonchev–Trinajstić information content (AvgIpc) is 2.33. The van der Waals surface area contributed by atoms with Crippen molar-refractivity contribution in [3.05, 3.63) is 23.8 Å². The average molecular weight is 233 g/mol. The Labute approximate surface area is 104 Å². The monoisotopic (exact) mass is 233 g/mol. The topological polar surface area (TPSA) is 32.5 Å². The highest BCUT2D eigenvalue weighted by molar-refractivity contribution is 5.60. The second-order valence-corrected chi connectivity index (χ2v) is 5.25. The van der Waals surface area contributed by atoms with Gasteiger partial charge in [-0.1, -0.05) is 6.07 Å². The van der Waals surface area contributed by atoms with E-state index in [2.05, 4.69) is 49.0 Å². The van der Waals surface area contributed by atoms with Gasteiger partial charge in [0.1, 0.15) is 0 Å². The van der Waals surface area contributed by atoms with Gasteiger partial charge in [0, 0.05) is 30.5 Å². The number of hydrogen-bond donors (Lipinski definition) is 1. The van der Waals surface area contributed by atoms with E-state index in [9.17, 15) is 0 Å². The van der Waals surface area contributed by atoms with Gasteiger partial charge in [0.15, 0.2) is 0 Å². The molecule has 3 heteroatoms. The first kappa shape index (κ1) is 12.2. The largest absolute Gasteiger partial charge is 0.398 e. The summed E-state index contributed by atoms with van der Waals surface area (Å²) in [5.74, 6) is 0. The van der Waals surface area contributed by atoms with Crippen LogP contribution in [0.25, 0.3) is 0 Å². The van der Waals surface area contributed by atoms with Crippen LogP contribution < -0.4 is 10.6 Å². The molecule has 94 valence electrons. The predicted molar refractivity (Wildman–Crippen MR) is 74.5 cm³/mol. The molecule has 0 spiro atoms. The molecule has 0 saturated carbocycles. The number of nitrogens with zero attached hydrogens (tertiary/aromatic N) is 2. The summed E-state index contributed by atoms with van der Waals surface area (Å²) in [4.78, 5) is 4.77. The quantitative estimate of drug-likeness (QED) is 0.794. The summed E-state index contributed by atoms with van der Waals surface area (Å²) in [6, 6.07) is 7.06. The minimum absolute atomic E-state index is 0.659. The summed E-state index contributed by atoms with van der Waals surface area (Å²) in [5.41, 5.74) is 9.31. The number of benzene rings is 1. The van der Waals surface area contributed by atoms with Crippen molar-refractivity contribution in [1.82, 2.24) is 4.90 Å². The van der Waals surface area contributed by atoms with E-state index in [0.29, 0.717) is 6.04 Å². The Morgan fingerprint density at radius 3 is 2.76 bits per heavy atom. The number of piperidine rings is 1. The Bertz CT molecular complexity index is 387. The third-order valence-electron chi connectivity index (χ3n) is 3.75. The molecule has 0 radical (unpaired) electrons. The molecule has 0 aromatic heterocycles. The highest BCUT2D eigenvalue weighted by atomic mass is 15.2. The molecular formula is C14H23N3. The van der Waals surface area contributed by atoms with Crippen LogP contribution in [-0.2, 0) is 0 Å². The third kappa shape index (κ3) is 2.72. The van der Waals surface area contributed by atoms with Crippen LogP contribution in [0, 0.1) is 6.92 Å². The zero-order chi connectivity index (χ0) is 12.4. The second-order valence-electron chi connectivity index (χ2n) is 5.25. The second kappa shape index (κ2) is 4.96. The van der Waals surface area contributed by atoms with Gasteiger partial charge in [-0.2, -0.15) is 0 Å². The molecule has 1 unspecified atom stereocenters. The molecule has 1 atom stereocenters. The third-order valence-corrected chi connectivity index (χ3v) is 3.75. The summed E-state index contributed by atoms with van der Waals surface area (Å²) in [7, 11) is 4.33. The van der Waals surface area contributed by atoms with Crippen molar-refractivity contribution >= 4 is 11.4 Å². The van der Waals surface area contributed by atoms with E-state index in [1.807, 2.05) is 0 Å². The fraction of sp³-hybridized carbons (Fsp3) is 0.571. The number of nitrogens with two attached hydrogens (primary N) is 1. The fourth-order valence-electron chi connectivity index (χ4n) is 2.44. The van der Waals surface area contributed by atoms with E-state index in [-0.39, 0.29) is 0 Å². The Kier molecular flexibility index (Phi) is 3.57. The van der Waals surface area contributed by atoms with Crippen molar-refractivity contribution < 1.29 is 0 Å². The van der Waals surface area contributed by atoms with Crippen LogP contribution in [0.1, 0.15) is 18.4 Å². The van der Waals surface area contributed by atoms with Gasteiger partial charge in [-0.05, 0) is 51.6 Å². The Morgan fingerprint density at radius 2 is 2.12 bits per heavy atom. The van der Waals surface area contributed by atoms with E-state index < -0.39 is 0 Å². The molecule has 2 rings (SSSR count). The molecule has 0 bridgehead atoms. The van der Waals surface area contributed by atoms with Crippen molar-refractivity contribution in [2.75, 3.05) is 37.8 Å². The van der Waals surface area contributed by atoms with Crippen LogP contribution in [-0.4, -0.2) is 38.1 Å². The molecule has 1 saturated heterocycles. The molecule has 2 N–H and O–H groups in total. The van der Waals surface area contributed by atoms with Gasteiger partial charge in [0.05, 0.1) is 0 Å². The molecule has 1 aliphatic heterocycles. The molecular weight excluding hydrogens is 210 g/mol. The first-order valence-corrected chi connectivity index (χ1v) is 6.35. The van der Waals surface area contributed by atoms with E-state index in [4.69, 9.17) is 5.73 Å². The Morgan fingerprint density at radius 1 is 1.35 bits per heavy atom. The maximum atomic E-state index is 5.98. The summed E-state index contributed by atoms with van der Waals surface area (Å²) < 4.78 is 0. The SMILES string of the molecule is Cc1ccc(N2CCCC(N(C)C)C2)cc1N. The summed E-state index contributed by atoms with van der Waals surface area (Å²) >= 11 is 0. The molecule has 0 amide bonds. The van der Waals surface area contributed by atoms with Crippen LogP contribution in [0.4, 0.5) is 11.4 Å². The maximum absolute atomic E-state index is 5.98. The van der Waals surface area contributed by atoms with Gasteiger partial charge in [-0.25, -0.2) is 0 Å². The van der Waals surface area contributed by atoms with Crippen LogP contribution in [0.5, 0.6) is 0 Å². The van der Waals surface area contributed by atoms with Crippen molar-refractivity contribution in [1.29, 1.82) is 0 Å².